The van der Waals surface area contributed by atoms with E-state index >= 15 is 0 Å². The first-order chi connectivity index (χ1) is 18.1. The lowest BCUT2D eigenvalue weighted by molar-refractivity contribution is 0.475. The van der Waals surface area contributed by atoms with E-state index in [1.165, 1.54) is 5.56 Å². The molecule has 184 valence electrons. The minimum Gasteiger partial charge on any atom is -0.508 e. The molecule has 0 saturated carbocycles. The van der Waals surface area contributed by atoms with Gasteiger partial charge in [0.2, 0.25) is 0 Å². The third-order valence-corrected chi connectivity index (χ3v) is 6.53. The highest BCUT2D eigenvalue weighted by atomic mass is 35.5. The summed E-state index contributed by atoms with van der Waals surface area (Å²) in [5, 5.41) is 24.2. The van der Waals surface area contributed by atoms with Gasteiger partial charge >= 0.3 is 0 Å². The average Bonchev–Trinajstić information content (AvgIpc) is 3.39. The number of benzene rings is 4. The van der Waals surface area contributed by atoms with E-state index in [-0.39, 0.29) is 11.5 Å². The number of nitrogens with zero attached hydrogens (tertiary/aromatic N) is 2. The fourth-order valence-electron chi connectivity index (χ4n) is 4.51. The quantitative estimate of drug-likeness (QED) is 0.168. The molecule has 5 aromatic rings. The number of hydrogen-bond acceptors (Lipinski definition) is 3. The Labute approximate surface area is 221 Å². The fraction of sp³-hybridized carbons (Fsp3) is 0.0938. The smallest absolute Gasteiger partial charge is 0.115 e. The van der Waals surface area contributed by atoms with Crippen LogP contribution in [0.4, 0.5) is 0 Å². The summed E-state index contributed by atoms with van der Waals surface area (Å²) < 4.78 is 1.95. The van der Waals surface area contributed by atoms with Crippen molar-refractivity contribution in [2.75, 3.05) is 5.88 Å². The van der Waals surface area contributed by atoms with Crippen molar-refractivity contribution in [3.8, 4) is 22.6 Å². The molecule has 0 unspecified atom stereocenters. The third-order valence-electron chi connectivity index (χ3n) is 6.35. The Morgan fingerprint density at radius 1 is 0.676 bits per heavy atom. The van der Waals surface area contributed by atoms with Crippen LogP contribution in [0.15, 0.2) is 116 Å². The van der Waals surface area contributed by atoms with E-state index in [1.807, 2.05) is 53.3 Å². The topological polar surface area (TPSA) is 58.3 Å². The van der Waals surface area contributed by atoms with Crippen molar-refractivity contribution < 1.29 is 10.2 Å². The first-order valence-electron chi connectivity index (χ1n) is 12.2. The van der Waals surface area contributed by atoms with E-state index in [4.69, 9.17) is 11.6 Å². The molecule has 5 heteroatoms. The maximum Gasteiger partial charge on any atom is 0.115 e. The van der Waals surface area contributed by atoms with E-state index < -0.39 is 0 Å². The number of rotatable bonds is 8. The lowest BCUT2D eigenvalue weighted by Gasteiger charge is -2.17. The number of halogens is 1. The van der Waals surface area contributed by atoms with Gasteiger partial charge in [-0.1, -0.05) is 78.9 Å². The standard InChI is InChI=1S/C32H27ClN2O2/c33-19-18-31(32(26-10-14-29(36)15-11-26)27-12-16-30(37)17-13-27)25-8-6-24(7-9-25)28-20-34-35(22-28)21-23-4-2-1-3-5-23/h1-17,20,22,36-37H,18-19,21H2. The van der Waals surface area contributed by atoms with Gasteiger partial charge in [-0.25, -0.2) is 0 Å². The van der Waals surface area contributed by atoms with Crippen LogP contribution in [0.1, 0.15) is 28.7 Å². The van der Waals surface area contributed by atoms with Crippen LogP contribution < -0.4 is 0 Å². The predicted molar refractivity (Wildman–Crippen MR) is 151 cm³/mol. The van der Waals surface area contributed by atoms with Crippen LogP contribution in [-0.2, 0) is 6.54 Å². The molecule has 0 spiro atoms. The summed E-state index contributed by atoms with van der Waals surface area (Å²) in [5.41, 5.74) is 8.47. The van der Waals surface area contributed by atoms with Gasteiger partial charge in [0.05, 0.1) is 12.7 Å². The Bertz CT molecular complexity index is 1440. The van der Waals surface area contributed by atoms with Crippen LogP contribution in [0.5, 0.6) is 11.5 Å². The monoisotopic (exact) mass is 506 g/mol. The summed E-state index contributed by atoms with van der Waals surface area (Å²) in [6.45, 7) is 0.726. The zero-order valence-electron chi connectivity index (χ0n) is 20.3. The molecule has 0 atom stereocenters. The second-order valence-corrected chi connectivity index (χ2v) is 9.25. The van der Waals surface area contributed by atoms with Gasteiger partial charge in [-0.3, -0.25) is 4.68 Å². The van der Waals surface area contributed by atoms with Gasteiger partial charge in [0.15, 0.2) is 0 Å². The molecular formula is C32H27ClN2O2. The molecular weight excluding hydrogens is 480 g/mol. The van der Waals surface area contributed by atoms with Crippen molar-refractivity contribution in [2.45, 2.75) is 13.0 Å². The summed E-state index contributed by atoms with van der Waals surface area (Å²) in [6, 6.07) is 33.1. The fourth-order valence-corrected chi connectivity index (χ4v) is 4.70. The van der Waals surface area contributed by atoms with Gasteiger partial charge in [0.1, 0.15) is 11.5 Å². The maximum atomic E-state index is 9.85. The van der Waals surface area contributed by atoms with E-state index in [0.29, 0.717) is 12.3 Å². The van der Waals surface area contributed by atoms with Crippen LogP contribution in [0.2, 0.25) is 0 Å². The number of aromatic hydroxyl groups is 2. The number of alkyl halides is 1. The summed E-state index contributed by atoms with van der Waals surface area (Å²) >= 11 is 6.29. The Hall–Kier alpha value is -4.28. The molecule has 4 nitrogen and oxygen atoms in total. The number of allylic oxidation sites excluding steroid dienone is 1. The van der Waals surface area contributed by atoms with Crippen molar-refractivity contribution in [2.24, 2.45) is 0 Å². The SMILES string of the molecule is Oc1ccc(C(=C(CCCl)c2ccc(-c3cnn(Cc4ccccc4)c3)cc2)c2ccc(O)cc2)cc1. The maximum absolute atomic E-state index is 9.85. The molecule has 0 bridgehead atoms. The normalized spacial score (nSPS) is 10.8. The number of phenols is 2. The second-order valence-electron chi connectivity index (χ2n) is 8.88. The average molecular weight is 507 g/mol. The number of phenolic OH excluding ortho intramolecular Hbond substituents is 2. The highest BCUT2D eigenvalue weighted by Crippen LogP contribution is 2.36. The molecule has 0 radical (unpaired) electrons. The number of hydrogen-bond donors (Lipinski definition) is 2. The predicted octanol–water partition coefficient (Wildman–Crippen LogP) is 7.60. The minimum atomic E-state index is 0.213. The molecule has 0 saturated heterocycles. The van der Waals surface area contributed by atoms with Crippen LogP contribution in [0.3, 0.4) is 0 Å². The highest BCUT2D eigenvalue weighted by Gasteiger charge is 2.15. The lowest BCUT2D eigenvalue weighted by Crippen LogP contribution is -1.99. The molecule has 5 rings (SSSR count). The van der Waals surface area contributed by atoms with E-state index in [0.717, 1.165) is 45.5 Å². The molecule has 2 N–H and O–H groups in total. The van der Waals surface area contributed by atoms with Crippen molar-refractivity contribution in [1.82, 2.24) is 9.78 Å². The van der Waals surface area contributed by atoms with Gasteiger partial charge in [0.25, 0.3) is 0 Å². The third kappa shape index (κ3) is 5.76. The zero-order valence-corrected chi connectivity index (χ0v) is 21.0. The van der Waals surface area contributed by atoms with Gasteiger partial charge in [-0.15, -0.1) is 11.6 Å². The molecule has 0 fully saturated rings. The van der Waals surface area contributed by atoms with Crippen molar-refractivity contribution in [3.05, 3.63) is 138 Å². The Morgan fingerprint density at radius 3 is 1.81 bits per heavy atom. The van der Waals surface area contributed by atoms with E-state index in [1.54, 1.807) is 24.3 Å². The zero-order chi connectivity index (χ0) is 25.6. The first kappa shape index (κ1) is 24.4. The van der Waals surface area contributed by atoms with Gasteiger partial charge in [-0.2, -0.15) is 5.10 Å². The van der Waals surface area contributed by atoms with Crippen LogP contribution in [0.25, 0.3) is 22.3 Å². The van der Waals surface area contributed by atoms with Gasteiger partial charge in [-0.05, 0) is 69.6 Å². The summed E-state index contributed by atoms with van der Waals surface area (Å²) in [6.07, 6.45) is 4.62. The second kappa shape index (κ2) is 11.2. The molecule has 0 amide bonds. The van der Waals surface area contributed by atoms with E-state index in [9.17, 15) is 10.2 Å². The molecule has 37 heavy (non-hydrogen) atoms. The molecule has 0 aliphatic carbocycles. The molecule has 1 heterocycles. The minimum absolute atomic E-state index is 0.213. The Morgan fingerprint density at radius 2 is 1.24 bits per heavy atom. The van der Waals surface area contributed by atoms with Crippen LogP contribution in [-0.4, -0.2) is 25.9 Å². The molecule has 1 aromatic heterocycles. The molecule has 0 aliphatic rings. The molecule has 4 aromatic carbocycles. The Balaban J connectivity index is 1.52. The number of aromatic nitrogens is 2. The van der Waals surface area contributed by atoms with Gasteiger partial charge in [0, 0.05) is 17.6 Å². The summed E-state index contributed by atoms with van der Waals surface area (Å²) in [4.78, 5) is 0. The summed E-state index contributed by atoms with van der Waals surface area (Å²) in [5.74, 6) is 0.887. The summed E-state index contributed by atoms with van der Waals surface area (Å²) in [7, 11) is 0. The van der Waals surface area contributed by atoms with Crippen molar-refractivity contribution >= 4 is 22.7 Å². The van der Waals surface area contributed by atoms with Crippen LogP contribution in [0, 0.1) is 0 Å². The lowest BCUT2D eigenvalue weighted by atomic mass is 9.87. The van der Waals surface area contributed by atoms with E-state index in [2.05, 4.69) is 47.7 Å². The highest BCUT2D eigenvalue weighted by molar-refractivity contribution is 6.18. The Kier molecular flexibility index (Phi) is 7.38. The van der Waals surface area contributed by atoms with Crippen molar-refractivity contribution in [3.63, 3.8) is 0 Å². The van der Waals surface area contributed by atoms with Gasteiger partial charge < -0.3 is 10.2 Å². The van der Waals surface area contributed by atoms with Crippen LogP contribution >= 0.6 is 11.6 Å². The first-order valence-corrected chi connectivity index (χ1v) is 12.7. The molecule has 0 aliphatic heterocycles. The van der Waals surface area contributed by atoms with Crippen molar-refractivity contribution in [1.29, 1.82) is 0 Å². The largest absolute Gasteiger partial charge is 0.508 e.